The largest absolute Gasteiger partial charge is 0.391 e. The number of aryl methyl sites for hydroxylation is 1. The summed E-state index contributed by atoms with van der Waals surface area (Å²) in [5.74, 6) is 0. The Kier molecular flexibility index (Phi) is 3.54. The second-order valence-corrected chi connectivity index (χ2v) is 6.22. The van der Waals surface area contributed by atoms with Crippen LogP contribution in [0.15, 0.2) is 42.7 Å². The molecule has 1 aliphatic rings. The number of benzene rings is 1. The number of β-amino-alcohol motifs (C(OH)–C–C–N with tert-alkyl or cyclic N) is 1. The highest BCUT2D eigenvalue weighted by atomic mass is 16.3. The SMILES string of the molecule is CCc1c[nH]c2ncc(-c3ccc(N4CCC(O)C4)cc3)cc12. The van der Waals surface area contributed by atoms with Crippen molar-refractivity contribution in [3.8, 4) is 11.1 Å². The van der Waals surface area contributed by atoms with Crippen LogP contribution in [0.5, 0.6) is 0 Å². The van der Waals surface area contributed by atoms with Gasteiger partial charge in [-0.3, -0.25) is 0 Å². The Morgan fingerprint density at radius 1 is 1.26 bits per heavy atom. The molecule has 0 radical (unpaired) electrons. The lowest BCUT2D eigenvalue weighted by atomic mass is 10.0. The normalized spacial score (nSPS) is 18.0. The fraction of sp³-hybridized carbons (Fsp3) is 0.316. The molecule has 0 amide bonds. The van der Waals surface area contributed by atoms with E-state index in [0.29, 0.717) is 0 Å². The third-order valence-electron chi connectivity index (χ3n) is 4.73. The first-order valence-corrected chi connectivity index (χ1v) is 8.24. The first-order chi connectivity index (χ1) is 11.2. The van der Waals surface area contributed by atoms with Crippen molar-refractivity contribution in [2.45, 2.75) is 25.9 Å². The van der Waals surface area contributed by atoms with Crippen LogP contribution < -0.4 is 4.90 Å². The Morgan fingerprint density at radius 2 is 2.09 bits per heavy atom. The Labute approximate surface area is 135 Å². The molecule has 1 saturated heterocycles. The van der Waals surface area contributed by atoms with E-state index < -0.39 is 0 Å². The highest BCUT2D eigenvalue weighted by Gasteiger charge is 2.20. The van der Waals surface area contributed by atoms with Gasteiger partial charge in [0.1, 0.15) is 5.65 Å². The molecule has 3 heterocycles. The van der Waals surface area contributed by atoms with Crippen molar-refractivity contribution >= 4 is 16.7 Å². The van der Waals surface area contributed by atoms with Crippen molar-refractivity contribution < 1.29 is 5.11 Å². The summed E-state index contributed by atoms with van der Waals surface area (Å²) in [6.07, 6.45) is 5.63. The zero-order valence-electron chi connectivity index (χ0n) is 13.3. The Morgan fingerprint density at radius 3 is 2.78 bits per heavy atom. The van der Waals surface area contributed by atoms with Crippen molar-refractivity contribution in [2.24, 2.45) is 0 Å². The highest BCUT2D eigenvalue weighted by molar-refractivity contribution is 5.84. The number of H-pyrrole nitrogens is 1. The van der Waals surface area contributed by atoms with E-state index in [9.17, 15) is 5.11 Å². The first kappa shape index (κ1) is 14.3. The lowest BCUT2D eigenvalue weighted by Gasteiger charge is -2.18. The molecule has 2 aromatic heterocycles. The Hall–Kier alpha value is -2.33. The highest BCUT2D eigenvalue weighted by Crippen LogP contribution is 2.28. The molecule has 1 atom stereocenters. The summed E-state index contributed by atoms with van der Waals surface area (Å²) in [6, 6.07) is 10.8. The van der Waals surface area contributed by atoms with Gasteiger partial charge in [0, 0.05) is 42.1 Å². The van der Waals surface area contributed by atoms with E-state index in [4.69, 9.17) is 0 Å². The standard InChI is InChI=1S/C19H21N3O/c1-2-13-10-20-19-18(13)9-15(11-21-19)14-3-5-16(6-4-14)22-8-7-17(23)12-22/h3-6,9-11,17,23H,2,7-8,12H2,1H3,(H,20,21). The molecule has 23 heavy (non-hydrogen) atoms. The molecule has 0 saturated carbocycles. The number of rotatable bonds is 3. The van der Waals surface area contributed by atoms with E-state index in [1.165, 1.54) is 22.2 Å². The predicted molar refractivity (Wildman–Crippen MR) is 93.7 cm³/mol. The van der Waals surface area contributed by atoms with Crippen LogP contribution in [0, 0.1) is 0 Å². The number of aromatic amines is 1. The minimum Gasteiger partial charge on any atom is -0.391 e. The molecule has 4 heteroatoms. The van der Waals surface area contributed by atoms with Crippen LogP contribution in [0.1, 0.15) is 18.9 Å². The summed E-state index contributed by atoms with van der Waals surface area (Å²) in [4.78, 5) is 10.00. The van der Waals surface area contributed by atoms with Gasteiger partial charge in [0.15, 0.2) is 0 Å². The van der Waals surface area contributed by atoms with Crippen LogP contribution in [0.2, 0.25) is 0 Å². The average molecular weight is 307 g/mol. The molecule has 4 nitrogen and oxygen atoms in total. The number of aliphatic hydroxyl groups excluding tert-OH is 1. The smallest absolute Gasteiger partial charge is 0.137 e. The number of fused-ring (bicyclic) bond motifs is 1. The Bertz CT molecular complexity index is 822. The molecular formula is C19H21N3O. The van der Waals surface area contributed by atoms with E-state index >= 15 is 0 Å². The maximum atomic E-state index is 9.67. The zero-order chi connectivity index (χ0) is 15.8. The molecule has 0 spiro atoms. The molecule has 118 valence electrons. The number of pyridine rings is 1. The van der Waals surface area contributed by atoms with Crippen LogP contribution in [0.25, 0.3) is 22.2 Å². The van der Waals surface area contributed by atoms with Gasteiger partial charge in [-0.05, 0) is 42.2 Å². The van der Waals surface area contributed by atoms with Gasteiger partial charge >= 0.3 is 0 Å². The Balaban J connectivity index is 1.65. The third-order valence-corrected chi connectivity index (χ3v) is 4.73. The monoisotopic (exact) mass is 307 g/mol. The minimum absolute atomic E-state index is 0.192. The van der Waals surface area contributed by atoms with Crippen LogP contribution in [0.3, 0.4) is 0 Å². The van der Waals surface area contributed by atoms with Crippen LogP contribution >= 0.6 is 0 Å². The van der Waals surface area contributed by atoms with Crippen LogP contribution in [-0.4, -0.2) is 34.3 Å². The molecule has 2 N–H and O–H groups in total. The molecule has 0 aliphatic carbocycles. The first-order valence-electron chi connectivity index (χ1n) is 8.24. The third kappa shape index (κ3) is 2.59. The van der Waals surface area contributed by atoms with Gasteiger partial charge in [0.2, 0.25) is 0 Å². The summed E-state index contributed by atoms with van der Waals surface area (Å²) in [7, 11) is 0. The minimum atomic E-state index is -0.192. The molecular weight excluding hydrogens is 286 g/mol. The summed E-state index contributed by atoms with van der Waals surface area (Å²) in [6.45, 7) is 3.82. The summed E-state index contributed by atoms with van der Waals surface area (Å²) in [5, 5.41) is 10.9. The number of nitrogens with one attached hydrogen (secondary N) is 1. The van der Waals surface area contributed by atoms with Crippen molar-refractivity contribution in [2.75, 3.05) is 18.0 Å². The molecule has 1 aliphatic heterocycles. The topological polar surface area (TPSA) is 52.2 Å². The van der Waals surface area contributed by atoms with Crippen LogP contribution in [-0.2, 0) is 6.42 Å². The fourth-order valence-corrected chi connectivity index (χ4v) is 3.35. The fourth-order valence-electron chi connectivity index (χ4n) is 3.35. The average Bonchev–Trinajstić information content (AvgIpc) is 3.20. The molecule has 1 aromatic carbocycles. The molecule has 1 unspecified atom stereocenters. The summed E-state index contributed by atoms with van der Waals surface area (Å²) < 4.78 is 0. The molecule has 0 bridgehead atoms. The second-order valence-electron chi connectivity index (χ2n) is 6.22. The summed E-state index contributed by atoms with van der Waals surface area (Å²) in [5.41, 5.74) is 5.74. The van der Waals surface area contributed by atoms with Gasteiger partial charge < -0.3 is 15.0 Å². The van der Waals surface area contributed by atoms with Crippen molar-refractivity contribution in [1.82, 2.24) is 9.97 Å². The van der Waals surface area contributed by atoms with Gasteiger partial charge in [-0.2, -0.15) is 0 Å². The summed E-state index contributed by atoms with van der Waals surface area (Å²) >= 11 is 0. The van der Waals surface area contributed by atoms with E-state index in [0.717, 1.165) is 37.1 Å². The van der Waals surface area contributed by atoms with Gasteiger partial charge in [0.05, 0.1) is 6.10 Å². The van der Waals surface area contributed by atoms with E-state index in [2.05, 4.69) is 52.1 Å². The second kappa shape index (κ2) is 5.70. The van der Waals surface area contributed by atoms with Gasteiger partial charge in [-0.25, -0.2) is 4.98 Å². The molecule has 3 aromatic rings. The maximum Gasteiger partial charge on any atom is 0.137 e. The lowest BCUT2D eigenvalue weighted by molar-refractivity contribution is 0.198. The number of nitrogens with zero attached hydrogens (tertiary/aromatic N) is 2. The van der Waals surface area contributed by atoms with Gasteiger partial charge in [-0.1, -0.05) is 19.1 Å². The van der Waals surface area contributed by atoms with Crippen molar-refractivity contribution in [1.29, 1.82) is 0 Å². The van der Waals surface area contributed by atoms with E-state index in [-0.39, 0.29) is 6.10 Å². The zero-order valence-corrected chi connectivity index (χ0v) is 13.3. The molecule has 4 rings (SSSR count). The number of hydrogen-bond donors (Lipinski definition) is 2. The van der Waals surface area contributed by atoms with E-state index in [1.807, 2.05) is 12.4 Å². The van der Waals surface area contributed by atoms with Crippen molar-refractivity contribution in [3.63, 3.8) is 0 Å². The van der Waals surface area contributed by atoms with Crippen LogP contribution in [0.4, 0.5) is 5.69 Å². The number of aromatic nitrogens is 2. The van der Waals surface area contributed by atoms with Gasteiger partial charge in [-0.15, -0.1) is 0 Å². The quantitative estimate of drug-likeness (QED) is 0.780. The number of anilines is 1. The maximum absolute atomic E-state index is 9.67. The molecule has 1 fully saturated rings. The van der Waals surface area contributed by atoms with E-state index in [1.54, 1.807) is 0 Å². The van der Waals surface area contributed by atoms with Crippen molar-refractivity contribution in [3.05, 3.63) is 48.3 Å². The predicted octanol–water partition coefficient (Wildman–Crippen LogP) is 3.36. The van der Waals surface area contributed by atoms with Gasteiger partial charge in [0.25, 0.3) is 0 Å². The number of aliphatic hydroxyl groups is 1. The number of hydrogen-bond acceptors (Lipinski definition) is 3. The lowest BCUT2D eigenvalue weighted by Crippen LogP contribution is -2.20.